The van der Waals surface area contributed by atoms with Gasteiger partial charge in [-0.1, -0.05) is 31.7 Å². The fraction of sp³-hybridized carbons (Fsp3) is 0.600. The molecule has 0 aliphatic heterocycles. The Morgan fingerprint density at radius 2 is 2.11 bits per heavy atom. The number of hydrogen-bond acceptors (Lipinski definition) is 2. The molecule has 1 N–H and O–H groups in total. The van der Waals surface area contributed by atoms with Crippen molar-refractivity contribution >= 4 is 0 Å². The Balaban J connectivity index is 2.04. The third-order valence-electron chi connectivity index (χ3n) is 4.02. The number of aliphatic hydroxyl groups is 1. The van der Waals surface area contributed by atoms with Crippen LogP contribution in [0.3, 0.4) is 0 Å². The standard InChI is InChI=1S/C15H21FO2/c1-18-15-7-6-11(9-14(15)16)8-13(10-17)12-4-2-3-5-12/h6-7,9,12-13,17H,2-5,8,10H2,1H3. The van der Waals surface area contributed by atoms with Gasteiger partial charge in [-0.25, -0.2) is 4.39 Å². The highest BCUT2D eigenvalue weighted by Gasteiger charge is 2.24. The van der Waals surface area contributed by atoms with Gasteiger partial charge in [-0.15, -0.1) is 0 Å². The van der Waals surface area contributed by atoms with Crippen molar-refractivity contribution in [2.45, 2.75) is 32.1 Å². The van der Waals surface area contributed by atoms with Gasteiger partial charge in [-0.3, -0.25) is 0 Å². The van der Waals surface area contributed by atoms with Crippen molar-refractivity contribution in [3.63, 3.8) is 0 Å². The van der Waals surface area contributed by atoms with Crippen LogP contribution in [0.4, 0.5) is 4.39 Å². The van der Waals surface area contributed by atoms with Crippen molar-refractivity contribution in [1.29, 1.82) is 0 Å². The third-order valence-corrected chi connectivity index (χ3v) is 4.02. The predicted molar refractivity (Wildman–Crippen MR) is 69.2 cm³/mol. The van der Waals surface area contributed by atoms with Gasteiger partial charge in [0.05, 0.1) is 7.11 Å². The van der Waals surface area contributed by atoms with E-state index in [4.69, 9.17) is 4.74 Å². The average Bonchev–Trinajstić information content (AvgIpc) is 2.90. The fourth-order valence-electron chi connectivity index (χ4n) is 2.95. The first-order chi connectivity index (χ1) is 8.74. The Morgan fingerprint density at radius 3 is 2.67 bits per heavy atom. The molecular formula is C15H21FO2. The zero-order valence-electron chi connectivity index (χ0n) is 10.9. The molecule has 100 valence electrons. The van der Waals surface area contributed by atoms with E-state index in [2.05, 4.69) is 0 Å². The van der Waals surface area contributed by atoms with Crippen LogP contribution in [0, 0.1) is 17.7 Å². The van der Waals surface area contributed by atoms with E-state index in [-0.39, 0.29) is 24.1 Å². The predicted octanol–water partition coefficient (Wildman–Crippen LogP) is 3.18. The molecule has 3 heteroatoms. The summed E-state index contributed by atoms with van der Waals surface area (Å²) in [5.74, 6) is 0.818. The zero-order valence-corrected chi connectivity index (χ0v) is 10.9. The van der Waals surface area contributed by atoms with E-state index < -0.39 is 0 Å². The van der Waals surface area contributed by atoms with E-state index >= 15 is 0 Å². The van der Waals surface area contributed by atoms with Gasteiger partial charge in [-0.05, 0) is 36.0 Å². The van der Waals surface area contributed by atoms with Crippen molar-refractivity contribution < 1.29 is 14.2 Å². The molecule has 1 fully saturated rings. The quantitative estimate of drug-likeness (QED) is 0.872. The van der Waals surface area contributed by atoms with Crippen LogP contribution in [0.5, 0.6) is 5.75 Å². The summed E-state index contributed by atoms with van der Waals surface area (Å²) < 4.78 is 18.5. The van der Waals surface area contributed by atoms with Crippen LogP contribution >= 0.6 is 0 Å². The summed E-state index contributed by atoms with van der Waals surface area (Å²) in [5, 5.41) is 9.50. The molecule has 18 heavy (non-hydrogen) atoms. The molecule has 0 heterocycles. The Morgan fingerprint density at radius 1 is 1.39 bits per heavy atom. The van der Waals surface area contributed by atoms with Crippen molar-refractivity contribution in [2.75, 3.05) is 13.7 Å². The van der Waals surface area contributed by atoms with Crippen LogP contribution in [0.1, 0.15) is 31.2 Å². The molecule has 1 unspecified atom stereocenters. The van der Waals surface area contributed by atoms with E-state index in [1.807, 2.05) is 6.07 Å². The van der Waals surface area contributed by atoms with E-state index in [9.17, 15) is 9.50 Å². The summed E-state index contributed by atoms with van der Waals surface area (Å²) in [7, 11) is 1.47. The lowest BCUT2D eigenvalue weighted by atomic mass is 9.86. The Kier molecular flexibility index (Phi) is 4.59. The molecule has 1 aromatic rings. The maximum atomic E-state index is 13.6. The van der Waals surface area contributed by atoms with E-state index in [1.165, 1.54) is 38.9 Å². The lowest BCUT2D eigenvalue weighted by molar-refractivity contribution is 0.175. The molecule has 0 amide bonds. The molecule has 1 aromatic carbocycles. The molecule has 0 radical (unpaired) electrons. The summed E-state index contributed by atoms with van der Waals surface area (Å²) in [6.07, 6.45) is 5.67. The number of halogens is 1. The van der Waals surface area contributed by atoms with Gasteiger partial charge >= 0.3 is 0 Å². The van der Waals surface area contributed by atoms with Gasteiger partial charge in [0.2, 0.25) is 0 Å². The minimum atomic E-state index is -0.321. The maximum Gasteiger partial charge on any atom is 0.165 e. The smallest absolute Gasteiger partial charge is 0.165 e. The second kappa shape index (κ2) is 6.19. The van der Waals surface area contributed by atoms with Gasteiger partial charge in [-0.2, -0.15) is 0 Å². The number of aliphatic hydroxyl groups excluding tert-OH is 1. The molecule has 1 atom stereocenters. The largest absolute Gasteiger partial charge is 0.494 e. The fourth-order valence-corrected chi connectivity index (χ4v) is 2.95. The summed E-state index contributed by atoms with van der Waals surface area (Å²) in [5.41, 5.74) is 0.944. The highest BCUT2D eigenvalue weighted by Crippen LogP contribution is 2.33. The third kappa shape index (κ3) is 3.02. The first-order valence-electron chi connectivity index (χ1n) is 6.68. The van der Waals surface area contributed by atoms with Crippen LogP contribution in [0.2, 0.25) is 0 Å². The van der Waals surface area contributed by atoms with Crippen LogP contribution in [0.25, 0.3) is 0 Å². The number of benzene rings is 1. The first kappa shape index (κ1) is 13.3. The molecule has 0 spiro atoms. The number of ether oxygens (including phenoxy) is 1. The SMILES string of the molecule is COc1ccc(CC(CO)C2CCCC2)cc1F. The topological polar surface area (TPSA) is 29.5 Å². The maximum absolute atomic E-state index is 13.6. The summed E-state index contributed by atoms with van der Waals surface area (Å²) >= 11 is 0. The highest BCUT2D eigenvalue weighted by atomic mass is 19.1. The first-order valence-corrected chi connectivity index (χ1v) is 6.68. The number of methoxy groups -OCH3 is 1. The zero-order chi connectivity index (χ0) is 13.0. The lowest BCUT2D eigenvalue weighted by Crippen LogP contribution is -2.18. The molecule has 1 saturated carbocycles. The van der Waals surface area contributed by atoms with Crippen LogP contribution in [-0.4, -0.2) is 18.8 Å². The summed E-state index contributed by atoms with van der Waals surface area (Å²) in [6.45, 7) is 0.193. The van der Waals surface area contributed by atoms with Crippen molar-refractivity contribution in [3.8, 4) is 5.75 Å². The van der Waals surface area contributed by atoms with Crippen LogP contribution in [0.15, 0.2) is 18.2 Å². The van der Waals surface area contributed by atoms with Gasteiger partial charge < -0.3 is 9.84 Å². The van der Waals surface area contributed by atoms with Gasteiger partial charge in [0, 0.05) is 6.61 Å². The second-order valence-electron chi connectivity index (χ2n) is 5.16. The Labute approximate surface area is 108 Å². The van der Waals surface area contributed by atoms with Crippen LogP contribution in [-0.2, 0) is 6.42 Å². The molecule has 1 aliphatic carbocycles. The minimum absolute atomic E-state index is 0.193. The van der Waals surface area contributed by atoms with Gasteiger partial charge in [0.15, 0.2) is 11.6 Å². The second-order valence-corrected chi connectivity index (χ2v) is 5.16. The molecule has 0 bridgehead atoms. The van der Waals surface area contributed by atoms with E-state index in [1.54, 1.807) is 6.07 Å². The molecule has 0 aromatic heterocycles. The van der Waals surface area contributed by atoms with E-state index in [0.29, 0.717) is 5.92 Å². The summed E-state index contributed by atoms with van der Waals surface area (Å²) in [4.78, 5) is 0. The van der Waals surface area contributed by atoms with Crippen molar-refractivity contribution in [3.05, 3.63) is 29.6 Å². The summed E-state index contributed by atoms with van der Waals surface area (Å²) in [6, 6.07) is 5.07. The van der Waals surface area contributed by atoms with Crippen molar-refractivity contribution in [1.82, 2.24) is 0 Å². The number of hydrogen-bond donors (Lipinski definition) is 1. The number of rotatable bonds is 5. The minimum Gasteiger partial charge on any atom is -0.494 e. The molecule has 2 rings (SSSR count). The Bertz CT molecular complexity index is 386. The van der Waals surface area contributed by atoms with E-state index in [0.717, 1.165) is 12.0 Å². The van der Waals surface area contributed by atoms with Gasteiger partial charge in [0.25, 0.3) is 0 Å². The molecule has 2 nitrogen and oxygen atoms in total. The average molecular weight is 252 g/mol. The molecule has 0 saturated heterocycles. The van der Waals surface area contributed by atoms with Crippen molar-refractivity contribution in [2.24, 2.45) is 11.8 Å². The van der Waals surface area contributed by atoms with Crippen LogP contribution < -0.4 is 4.74 Å². The Hall–Kier alpha value is -1.09. The lowest BCUT2D eigenvalue weighted by Gasteiger charge is -2.21. The molecular weight excluding hydrogens is 231 g/mol. The molecule has 1 aliphatic rings. The monoisotopic (exact) mass is 252 g/mol. The normalized spacial score (nSPS) is 17.9. The van der Waals surface area contributed by atoms with Gasteiger partial charge in [0.1, 0.15) is 0 Å². The highest BCUT2D eigenvalue weighted by molar-refractivity contribution is 5.29.